The minimum atomic E-state index is -4.58. The molecular formula is C23H17F3N2O2S. The molecule has 3 aromatic carbocycles. The third-order valence-electron chi connectivity index (χ3n) is 4.92. The van der Waals surface area contributed by atoms with Gasteiger partial charge in [0.15, 0.2) is 9.84 Å². The van der Waals surface area contributed by atoms with Gasteiger partial charge in [-0.3, -0.25) is 0 Å². The minimum Gasteiger partial charge on any atom is -0.249 e. The molecule has 1 heterocycles. The van der Waals surface area contributed by atoms with E-state index in [1.165, 1.54) is 25.1 Å². The van der Waals surface area contributed by atoms with E-state index in [0.717, 1.165) is 23.4 Å². The number of sulfone groups is 1. The van der Waals surface area contributed by atoms with Crippen molar-refractivity contribution in [2.75, 3.05) is 6.26 Å². The van der Waals surface area contributed by atoms with Crippen LogP contribution in [0.15, 0.2) is 71.6 Å². The van der Waals surface area contributed by atoms with Gasteiger partial charge in [-0.15, -0.1) is 0 Å². The van der Waals surface area contributed by atoms with E-state index in [9.17, 15) is 21.6 Å². The van der Waals surface area contributed by atoms with Crippen LogP contribution in [0.3, 0.4) is 0 Å². The van der Waals surface area contributed by atoms with Crippen molar-refractivity contribution < 1.29 is 21.6 Å². The van der Waals surface area contributed by atoms with Crippen molar-refractivity contribution in [1.82, 2.24) is 9.97 Å². The molecule has 4 rings (SSSR count). The Kier molecular flexibility index (Phi) is 5.05. The molecule has 0 amide bonds. The van der Waals surface area contributed by atoms with Crippen molar-refractivity contribution in [3.63, 3.8) is 0 Å². The average Bonchev–Trinajstić information content (AvgIpc) is 2.71. The maximum absolute atomic E-state index is 13.4. The van der Waals surface area contributed by atoms with Gasteiger partial charge in [0.05, 0.1) is 27.4 Å². The van der Waals surface area contributed by atoms with Gasteiger partial charge in [-0.05, 0) is 42.3 Å². The van der Waals surface area contributed by atoms with Crippen LogP contribution in [0.1, 0.15) is 11.3 Å². The first-order chi connectivity index (χ1) is 14.6. The van der Waals surface area contributed by atoms with Crippen molar-refractivity contribution in [1.29, 1.82) is 0 Å². The monoisotopic (exact) mass is 442 g/mol. The fourth-order valence-electron chi connectivity index (χ4n) is 3.49. The highest BCUT2D eigenvalue weighted by molar-refractivity contribution is 7.90. The summed E-state index contributed by atoms with van der Waals surface area (Å²) in [5.41, 5.74) is 1.25. The second-order valence-electron chi connectivity index (χ2n) is 7.18. The average molecular weight is 442 g/mol. The maximum Gasteiger partial charge on any atom is 0.418 e. The summed E-state index contributed by atoms with van der Waals surface area (Å²) >= 11 is 0. The van der Waals surface area contributed by atoms with Gasteiger partial charge in [0.2, 0.25) is 0 Å². The van der Waals surface area contributed by atoms with E-state index in [1.807, 2.05) is 30.3 Å². The van der Waals surface area contributed by atoms with Crippen LogP contribution in [0.25, 0.3) is 33.4 Å². The van der Waals surface area contributed by atoms with Crippen molar-refractivity contribution in [2.24, 2.45) is 0 Å². The molecule has 0 aliphatic carbocycles. The molecule has 4 nitrogen and oxygen atoms in total. The van der Waals surface area contributed by atoms with Gasteiger partial charge in [-0.2, -0.15) is 13.2 Å². The number of halogens is 3. The molecule has 0 saturated heterocycles. The number of fused-ring (bicyclic) bond motifs is 1. The highest BCUT2D eigenvalue weighted by Gasteiger charge is 2.33. The summed E-state index contributed by atoms with van der Waals surface area (Å²) in [6, 6.07) is 17.9. The van der Waals surface area contributed by atoms with E-state index in [2.05, 4.69) is 9.97 Å². The van der Waals surface area contributed by atoms with Gasteiger partial charge in [-0.25, -0.2) is 18.4 Å². The summed E-state index contributed by atoms with van der Waals surface area (Å²) in [6.07, 6.45) is -3.49. The van der Waals surface area contributed by atoms with Crippen molar-refractivity contribution >= 4 is 20.9 Å². The predicted octanol–water partition coefficient (Wildman–Crippen LogP) is 5.69. The Bertz CT molecular complexity index is 1400. The molecular weight excluding hydrogens is 425 g/mol. The number of aryl methyl sites for hydroxylation is 1. The molecule has 1 aromatic heterocycles. The van der Waals surface area contributed by atoms with Crippen molar-refractivity contribution in [3.05, 3.63) is 78.0 Å². The zero-order valence-electron chi connectivity index (χ0n) is 16.6. The van der Waals surface area contributed by atoms with Crippen LogP contribution in [0, 0.1) is 6.92 Å². The molecule has 0 bridgehead atoms. The number of aromatic nitrogens is 2. The zero-order chi connectivity index (χ0) is 22.4. The van der Waals surface area contributed by atoms with Crippen LogP contribution in [-0.4, -0.2) is 24.6 Å². The van der Waals surface area contributed by atoms with Gasteiger partial charge in [0.25, 0.3) is 0 Å². The quantitative estimate of drug-likeness (QED) is 0.409. The largest absolute Gasteiger partial charge is 0.418 e. The molecule has 0 saturated carbocycles. The van der Waals surface area contributed by atoms with Crippen LogP contribution < -0.4 is 0 Å². The third kappa shape index (κ3) is 4.03. The van der Waals surface area contributed by atoms with E-state index < -0.39 is 21.6 Å². The molecule has 0 atom stereocenters. The van der Waals surface area contributed by atoms with Crippen LogP contribution in [-0.2, 0) is 16.0 Å². The number of rotatable bonds is 3. The summed E-state index contributed by atoms with van der Waals surface area (Å²) in [5.74, 6) is 0. The lowest BCUT2D eigenvalue weighted by atomic mass is 10.0. The van der Waals surface area contributed by atoms with Crippen LogP contribution in [0.2, 0.25) is 0 Å². The van der Waals surface area contributed by atoms with Crippen molar-refractivity contribution in [3.8, 4) is 22.4 Å². The van der Waals surface area contributed by atoms with E-state index in [4.69, 9.17) is 0 Å². The van der Waals surface area contributed by atoms with Gasteiger partial charge in [0.1, 0.15) is 5.52 Å². The van der Waals surface area contributed by atoms with Gasteiger partial charge in [0, 0.05) is 11.8 Å². The number of nitrogens with zero attached hydrogens (tertiary/aromatic N) is 2. The molecule has 0 N–H and O–H groups in total. The summed E-state index contributed by atoms with van der Waals surface area (Å²) in [5, 5.41) is 0. The smallest absolute Gasteiger partial charge is 0.249 e. The summed E-state index contributed by atoms with van der Waals surface area (Å²) in [6.45, 7) is 1.52. The molecule has 0 fully saturated rings. The molecule has 31 heavy (non-hydrogen) atoms. The Morgan fingerprint density at radius 1 is 0.839 bits per heavy atom. The Morgan fingerprint density at radius 2 is 1.55 bits per heavy atom. The fraction of sp³-hybridized carbons (Fsp3) is 0.130. The van der Waals surface area contributed by atoms with E-state index in [0.29, 0.717) is 5.56 Å². The summed E-state index contributed by atoms with van der Waals surface area (Å²) < 4.78 is 65.0. The van der Waals surface area contributed by atoms with Gasteiger partial charge >= 0.3 is 6.18 Å². The standard InChI is InChI=1S/C23H17F3N2O2S/c1-14-21(28-19-10-6-9-18(22(19)27-14)23(24,25)26)17-13-16(15-7-4-3-5-8-15)11-12-20(17)31(2,29)30/h3-13H,1-2H3. The van der Waals surface area contributed by atoms with Crippen LogP contribution in [0.4, 0.5) is 13.2 Å². The second-order valence-corrected chi connectivity index (χ2v) is 9.16. The molecule has 0 unspecified atom stereocenters. The summed E-state index contributed by atoms with van der Waals surface area (Å²) in [7, 11) is -3.63. The molecule has 0 aliphatic heterocycles. The Morgan fingerprint density at radius 3 is 2.19 bits per heavy atom. The SMILES string of the molecule is Cc1nc2c(C(F)(F)F)cccc2nc1-c1cc(-c2ccccc2)ccc1S(C)(=O)=O. The fourth-order valence-corrected chi connectivity index (χ4v) is 4.36. The van der Waals surface area contributed by atoms with E-state index in [1.54, 1.807) is 12.1 Å². The minimum absolute atomic E-state index is 0.0379. The Labute approximate surface area is 177 Å². The number of hydrogen-bond donors (Lipinski definition) is 0. The van der Waals surface area contributed by atoms with E-state index >= 15 is 0 Å². The highest BCUT2D eigenvalue weighted by atomic mass is 32.2. The lowest BCUT2D eigenvalue weighted by molar-refractivity contribution is -0.136. The molecule has 8 heteroatoms. The first-order valence-corrected chi connectivity index (χ1v) is 11.2. The molecule has 4 aromatic rings. The molecule has 0 aliphatic rings. The normalized spacial score (nSPS) is 12.3. The number of benzene rings is 3. The molecule has 158 valence electrons. The predicted molar refractivity (Wildman–Crippen MR) is 113 cm³/mol. The topological polar surface area (TPSA) is 59.9 Å². The zero-order valence-corrected chi connectivity index (χ0v) is 17.4. The lowest BCUT2D eigenvalue weighted by Gasteiger charge is -2.15. The molecule has 0 radical (unpaired) electrons. The van der Waals surface area contributed by atoms with Crippen molar-refractivity contribution in [2.45, 2.75) is 18.0 Å². The maximum atomic E-state index is 13.4. The first kappa shape index (κ1) is 21.0. The highest BCUT2D eigenvalue weighted by Crippen LogP contribution is 2.37. The number of para-hydroxylation sites is 1. The third-order valence-corrected chi connectivity index (χ3v) is 6.07. The van der Waals surface area contributed by atoms with Crippen LogP contribution in [0.5, 0.6) is 0 Å². The van der Waals surface area contributed by atoms with E-state index in [-0.39, 0.29) is 27.3 Å². The molecule has 0 spiro atoms. The van der Waals surface area contributed by atoms with Gasteiger partial charge in [-0.1, -0.05) is 42.5 Å². The first-order valence-electron chi connectivity index (χ1n) is 9.30. The Hall–Kier alpha value is -3.26. The number of hydrogen-bond acceptors (Lipinski definition) is 4. The Balaban J connectivity index is 2.01. The number of alkyl halides is 3. The van der Waals surface area contributed by atoms with Crippen LogP contribution >= 0.6 is 0 Å². The van der Waals surface area contributed by atoms with Gasteiger partial charge < -0.3 is 0 Å². The lowest BCUT2D eigenvalue weighted by Crippen LogP contribution is -2.08. The second kappa shape index (κ2) is 7.46. The summed E-state index contributed by atoms with van der Waals surface area (Å²) in [4.78, 5) is 8.61.